The largest absolute Gasteiger partial charge is 0.369 e. The first-order valence-corrected chi connectivity index (χ1v) is 12.1. The van der Waals surface area contributed by atoms with Crippen LogP contribution in [0.1, 0.15) is 46.9 Å². The predicted octanol–water partition coefficient (Wildman–Crippen LogP) is 3.30. The number of H-pyrrole nitrogens is 1. The fraction of sp³-hybridized carbons (Fsp3) is 0.440. The molecule has 0 aliphatic carbocycles. The number of aromatic amines is 1. The number of benzene rings is 1. The molecule has 2 aliphatic heterocycles. The van der Waals surface area contributed by atoms with Gasteiger partial charge >= 0.3 is 6.03 Å². The van der Waals surface area contributed by atoms with Crippen LogP contribution in [0.5, 0.6) is 0 Å². The number of hydrogen-bond donors (Lipinski definition) is 3. The highest BCUT2D eigenvalue weighted by Crippen LogP contribution is 2.41. The average molecular weight is 493 g/mol. The van der Waals surface area contributed by atoms with E-state index in [-0.39, 0.29) is 11.9 Å². The molecule has 0 spiro atoms. The zero-order valence-electron chi connectivity index (χ0n) is 21.3. The lowest BCUT2D eigenvalue weighted by atomic mass is 10.0. The second-order valence-corrected chi connectivity index (χ2v) is 9.99. The lowest BCUT2D eigenvalue weighted by Gasteiger charge is -2.34. The van der Waals surface area contributed by atoms with Crippen LogP contribution in [0.3, 0.4) is 0 Å². The maximum Gasteiger partial charge on any atom is 0.323 e. The third kappa shape index (κ3) is 4.19. The van der Waals surface area contributed by atoms with E-state index < -0.39 is 5.54 Å². The Bertz CT molecular complexity index is 1270. The summed E-state index contributed by atoms with van der Waals surface area (Å²) < 4.78 is 5.16. The van der Waals surface area contributed by atoms with Crippen LogP contribution < -0.4 is 15.5 Å². The summed E-state index contributed by atoms with van der Waals surface area (Å²) in [4.78, 5) is 32.5. The molecule has 3 aromatic rings. The summed E-state index contributed by atoms with van der Waals surface area (Å²) >= 11 is 0. The number of aromatic nitrogens is 3. The van der Waals surface area contributed by atoms with Crippen LogP contribution in [0.2, 0.25) is 0 Å². The van der Waals surface area contributed by atoms with Gasteiger partial charge in [-0.25, -0.2) is 4.79 Å². The number of amides is 3. The van der Waals surface area contributed by atoms with E-state index in [1.165, 1.54) is 0 Å². The molecule has 2 aromatic heterocycles. The minimum atomic E-state index is -0.654. The van der Waals surface area contributed by atoms with Crippen molar-refractivity contribution in [2.45, 2.75) is 39.8 Å². The monoisotopic (exact) mass is 492 g/mol. The minimum absolute atomic E-state index is 0.245. The normalized spacial score (nSPS) is 17.2. The number of aryl methyl sites for hydroxylation is 2. The van der Waals surface area contributed by atoms with Crippen molar-refractivity contribution in [3.63, 3.8) is 0 Å². The van der Waals surface area contributed by atoms with Gasteiger partial charge in [0.2, 0.25) is 0 Å². The van der Waals surface area contributed by atoms with Crippen molar-refractivity contribution in [2.75, 3.05) is 48.8 Å². The second-order valence-electron chi connectivity index (χ2n) is 9.99. The van der Waals surface area contributed by atoms with E-state index in [0.29, 0.717) is 35.1 Å². The molecule has 0 unspecified atom stereocenters. The lowest BCUT2D eigenvalue weighted by Crippen LogP contribution is -2.44. The highest BCUT2D eigenvalue weighted by molar-refractivity contribution is 6.04. The SMILES string of the molecule is Cc1noc(C)c1NC(=O)N1Cc2c(NC(=O)c3ccc(N4CCN(C)CC4)cc3)n[nH]c2C1(C)C. The molecule has 0 saturated carbocycles. The Morgan fingerprint density at radius 2 is 1.75 bits per heavy atom. The van der Waals surface area contributed by atoms with Crippen LogP contribution in [0.25, 0.3) is 0 Å². The summed E-state index contributed by atoms with van der Waals surface area (Å²) in [7, 11) is 2.13. The number of likely N-dealkylation sites (N-methyl/N-ethyl adjacent to an activating group) is 1. The molecule has 190 valence electrons. The molecule has 5 rings (SSSR count). The van der Waals surface area contributed by atoms with E-state index in [0.717, 1.165) is 43.1 Å². The van der Waals surface area contributed by atoms with Gasteiger partial charge in [-0.15, -0.1) is 0 Å². The van der Waals surface area contributed by atoms with E-state index in [2.05, 4.69) is 42.8 Å². The van der Waals surface area contributed by atoms with Gasteiger partial charge in [0.25, 0.3) is 5.91 Å². The number of fused-ring (bicyclic) bond motifs is 1. The molecule has 11 heteroatoms. The molecule has 1 fully saturated rings. The molecule has 4 heterocycles. The minimum Gasteiger partial charge on any atom is -0.369 e. The average Bonchev–Trinajstić information content (AvgIpc) is 3.49. The standard InChI is InChI=1S/C25H32N8O3/c1-15-20(16(2)36-30-15)26-24(35)33-14-19-21(25(33,3)4)28-29-22(19)27-23(34)17-6-8-18(9-7-17)32-12-10-31(5)11-13-32/h6-9H,10-14H2,1-5H3,(H,26,35)(H2,27,28,29,34). The van der Waals surface area contributed by atoms with E-state index in [1.807, 2.05) is 38.1 Å². The number of rotatable bonds is 4. The summed E-state index contributed by atoms with van der Waals surface area (Å²) in [5.41, 5.74) is 3.77. The predicted molar refractivity (Wildman–Crippen MR) is 136 cm³/mol. The van der Waals surface area contributed by atoms with Crippen molar-refractivity contribution in [2.24, 2.45) is 0 Å². The van der Waals surface area contributed by atoms with Gasteiger partial charge in [-0.1, -0.05) is 5.16 Å². The van der Waals surface area contributed by atoms with Gasteiger partial charge in [-0.3, -0.25) is 9.89 Å². The van der Waals surface area contributed by atoms with Crippen LogP contribution in [-0.4, -0.2) is 70.3 Å². The van der Waals surface area contributed by atoms with E-state index in [4.69, 9.17) is 4.52 Å². The molecule has 3 amide bonds. The third-order valence-electron chi connectivity index (χ3n) is 7.21. The molecular formula is C25H32N8O3. The molecule has 1 aromatic carbocycles. The van der Waals surface area contributed by atoms with Gasteiger partial charge in [0, 0.05) is 43.0 Å². The fourth-order valence-corrected chi connectivity index (χ4v) is 4.85. The first kappa shape index (κ1) is 23.9. The Labute approximate surface area is 209 Å². The van der Waals surface area contributed by atoms with Crippen LogP contribution in [0.4, 0.5) is 22.0 Å². The Hall–Kier alpha value is -3.86. The molecule has 36 heavy (non-hydrogen) atoms. The Morgan fingerprint density at radius 3 is 2.39 bits per heavy atom. The van der Waals surface area contributed by atoms with Crippen molar-refractivity contribution in [1.29, 1.82) is 0 Å². The van der Waals surface area contributed by atoms with E-state index in [1.54, 1.807) is 18.7 Å². The summed E-state index contributed by atoms with van der Waals surface area (Å²) in [5, 5.41) is 17.1. The first-order chi connectivity index (χ1) is 17.1. The molecule has 0 bridgehead atoms. The van der Waals surface area contributed by atoms with Gasteiger partial charge in [-0.2, -0.15) is 5.10 Å². The van der Waals surface area contributed by atoms with Crippen LogP contribution >= 0.6 is 0 Å². The van der Waals surface area contributed by atoms with Crippen molar-refractivity contribution >= 4 is 29.1 Å². The number of urea groups is 1. The number of nitrogens with one attached hydrogen (secondary N) is 3. The zero-order valence-corrected chi connectivity index (χ0v) is 21.3. The number of carbonyl (C=O) groups excluding carboxylic acids is 2. The zero-order chi connectivity index (χ0) is 25.6. The van der Waals surface area contributed by atoms with Crippen molar-refractivity contribution < 1.29 is 14.1 Å². The molecule has 0 radical (unpaired) electrons. The molecular weight excluding hydrogens is 460 g/mol. The second kappa shape index (κ2) is 8.98. The Morgan fingerprint density at radius 1 is 1.06 bits per heavy atom. The third-order valence-corrected chi connectivity index (χ3v) is 7.21. The topological polar surface area (TPSA) is 123 Å². The summed E-state index contributed by atoms with van der Waals surface area (Å²) in [6.45, 7) is 11.7. The van der Waals surface area contributed by atoms with Crippen molar-refractivity contribution in [3.05, 3.63) is 52.5 Å². The highest BCUT2D eigenvalue weighted by atomic mass is 16.5. The van der Waals surface area contributed by atoms with E-state index >= 15 is 0 Å². The summed E-state index contributed by atoms with van der Waals surface area (Å²) in [6.07, 6.45) is 0. The van der Waals surface area contributed by atoms with Gasteiger partial charge < -0.3 is 29.9 Å². The maximum atomic E-state index is 13.2. The Balaban J connectivity index is 1.28. The quantitative estimate of drug-likeness (QED) is 0.511. The maximum absolute atomic E-state index is 13.2. The first-order valence-electron chi connectivity index (χ1n) is 12.1. The number of nitrogens with zero attached hydrogens (tertiary/aromatic N) is 5. The van der Waals surface area contributed by atoms with Gasteiger partial charge in [0.05, 0.1) is 17.8 Å². The number of piperazine rings is 1. The molecule has 3 N–H and O–H groups in total. The number of carbonyl (C=O) groups is 2. The Kier molecular flexibility index (Phi) is 5.95. The van der Waals surface area contributed by atoms with Gasteiger partial charge in [-0.05, 0) is 59.0 Å². The van der Waals surface area contributed by atoms with Crippen molar-refractivity contribution in [3.8, 4) is 0 Å². The van der Waals surface area contributed by atoms with Crippen LogP contribution in [-0.2, 0) is 12.1 Å². The lowest BCUT2D eigenvalue weighted by molar-refractivity contribution is 0.102. The van der Waals surface area contributed by atoms with Crippen LogP contribution in [0.15, 0.2) is 28.8 Å². The highest BCUT2D eigenvalue weighted by Gasteiger charge is 2.44. The molecule has 0 atom stereocenters. The molecule has 11 nitrogen and oxygen atoms in total. The molecule has 2 aliphatic rings. The molecule has 1 saturated heterocycles. The number of anilines is 3. The van der Waals surface area contributed by atoms with Crippen LogP contribution in [0, 0.1) is 13.8 Å². The fourth-order valence-electron chi connectivity index (χ4n) is 4.85. The number of hydrogen-bond acceptors (Lipinski definition) is 7. The van der Waals surface area contributed by atoms with Gasteiger partial charge in [0.15, 0.2) is 11.6 Å². The summed E-state index contributed by atoms with van der Waals surface area (Å²) in [5.74, 6) is 0.731. The van der Waals surface area contributed by atoms with E-state index in [9.17, 15) is 9.59 Å². The van der Waals surface area contributed by atoms with Gasteiger partial charge in [0.1, 0.15) is 11.4 Å². The smallest absolute Gasteiger partial charge is 0.323 e. The van der Waals surface area contributed by atoms with Crippen molar-refractivity contribution in [1.82, 2.24) is 25.2 Å². The summed E-state index contributed by atoms with van der Waals surface area (Å²) in [6, 6.07) is 7.36.